The fourth-order valence-corrected chi connectivity index (χ4v) is 7.95. The topological polar surface area (TPSA) is 511 Å². The first-order valence-corrected chi connectivity index (χ1v) is 30.5. The SMILES string of the molecule is C.C.C[N+](C)(C)Cc1ccc([O-])c(C=Nc2ccc(Cc3ccc(N=Cc4cc(C[N+](C)(C)C)ccc4[O-])c(N=Cc4cc(C[N+](C)(C)C)ccc4[O-])c3)cc2N=Cc2cc(C[N+](C)(C)C)ccc2[O-])c1.[Co+2].[Co+2].[O-][Cl+3]([O-])([O-])[O-].[O-][Cl+3]([O-])([O-])[O-].[O-][Cl+3]([O-])([O-])[O-].[O-][Cl+3]([O-])([O-])[O-]. The predicted molar refractivity (Wildman–Crippen MR) is 289 cm³/mol. The molecule has 0 aromatic heterocycles. The number of halogens is 4. The minimum absolute atomic E-state index is 0. The van der Waals surface area contributed by atoms with Gasteiger partial charge in [0.15, 0.2) is 0 Å². The molecule has 2 radical (unpaired) electrons. The van der Waals surface area contributed by atoms with Crippen molar-refractivity contribution in [3.05, 3.63) is 165 Å². The first-order valence-electron chi connectivity index (χ1n) is 25.5. The molecular weight excluding hydrogens is 1400 g/mol. The summed E-state index contributed by atoms with van der Waals surface area (Å²) in [6, 6.07) is 32.8. The van der Waals surface area contributed by atoms with E-state index in [-0.39, 0.29) is 71.4 Å². The first kappa shape index (κ1) is 91.8. The van der Waals surface area contributed by atoms with E-state index < -0.39 is 41.0 Å². The minimum Gasteiger partial charge on any atom is -0.872 e. The van der Waals surface area contributed by atoms with Crippen LogP contribution in [0, 0.1) is 41.0 Å². The van der Waals surface area contributed by atoms with Gasteiger partial charge < -0.3 is 38.4 Å². The summed E-state index contributed by atoms with van der Waals surface area (Å²) >= 11 is 0. The van der Waals surface area contributed by atoms with Crippen LogP contribution in [0.4, 0.5) is 22.7 Å². The average molecular weight is 1480 g/mol. The Morgan fingerprint density at radius 3 is 0.634 bits per heavy atom. The second-order valence-electron chi connectivity index (χ2n) is 23.7. The largest absolute Gasteiger partial charge is 2.00 e. The molecular formula is C59H76Cl4Co2N8O20. The molecule has 0 aliphatic heterocycles. The van der Waals surface area contributed by atoms with Gasteiger partial charge in [0.2, 0.25) is 0 Å². The van der Waals surface area contributed by atoms with E-state index in [0.29, 0.717) is 69.4 Å². The van der Waals surface area contributed by atoms with E-state index in [9.17, 15) is 20.4 Å². The third kappa shape index (κ3) is 45.6. The van der Waals surface area contributed by atoms with Gasteiger partial charge in [-0.3, -0.25) is 20.0 Å². The van der Waals surface area contributed by atoms with Crippen LogP contribution < -0.4 is 95.0 Å². The van der Waals surface area contributed by atoms with E-state index in [4.69, 9.17) is 94.5 Å². The number of rotatable bonds is 18. The monoisotopic (exact) mass is 1470 g/mol. The minimum atomic E-state index is -4.94. The molecule has 0 heterocycles. The van der Waals surface area contributed by atoms with Gasteiger partial charge in [-0.25, -0.2) is 74.5 Å². The number of aliphatic imine (C=N–C) groups is 4. The Morgan fingerprint density at radius 2 is 0.452 bits per heavy atom. The number of quaternary nitrogens is 4. The summed E-state index contributed by atoms with van der Waals surface area (Å²) in [4.78, 5) is 19.3. The molecule has 6 aromatic rings. The number of hydrogen-bond donors (Lipinski definition) is 0. The molecule has 0 aliphatic carbocycles. The second kappa shape index (κ2) is 39.0. The smallest absolute Gasteiger partial charge is 0.872 e. The molecule has 28 nitrogen and oxygen atoms in total. The van der Waals surface area contributed by atoms with Crippen LogP contribution in [-0.4, -0.2) is 127 Å². The molecule has 6 rings (SSSR count). The van der Waals surface area contributed by atoms with E-state index in [0.717, 1.165) is 59.6 Å². The van der Waals surface area contributed by atoms with Crippen LogP contribution in [0.3, 0.4) is 0 Å². The summed E-state index contributed by atoms with van der Waals surface area (Å²) < 4.78 is 139. The van der Waals surface area contributed by atoms with E-state index >= 15 is 0 Å². The Balaban J connectivity index is -0.00000294. The molecule has 0 fully saturated rings. The Kier molecular flexibility index (Phi) is 38.4. The first-order chi connectivity index (χ1) is 40.2. The third-order valence-electron chi connectivity index (χ3n) is 10.8. The fraction of sp³-hybridized carbons (Fsp3) is 0.322. The molecule has 34 heteroatoms. The summed E-state index contributed by atoms with van der Waals surface area (Å²) in [5.74, 6) is -0.545. The second-order valence-corrected chi connectivity index (χ2v) is 26.7. The zero-order valence-electron chi connectivity index (χ0n) is 51.2. The Labute approximate surface area is 571 Å². The Morgan fingerprint density at radius 1 is 0.280 bits per heavy atom. The number of hydrogen-bond acceptors (Lipinski definition) is 24. The molecule has 0 aliphatic rings. The maximum atomic E-state index is 13.1. The summed E-state index contributed by atoms with van der Waals surface area (Å²) in [6.07, 6.45) is 6.81. The molecule has 0 amide bonds. The number of benzene rings is 6. The van der Waals surface area contributed by atoms with E-state index in [2.05, 4.69) is 84.6 Å². The van der Waals surface area contributed by atoms with Gasteiger partial charge in [-0.15, -0.1) is 64.0 Å². The molecule has 0 saturated carbocycles. The third-order valence-corrected chi connectivity index (χ3v) is 10.8. The van der Waals surface area contributed by atoms with Crippen molar-refractivity contribution in [1.82, 2.24) is 0 Å². The van der Waals surface area contributed by atoms with E-state index in [1.54, 1.807) is 49.1 Å². The molecule has 6 aromatic carbocycles. The van der Waals surface area contributed by atoms with Gasteiger partial charge in [-0.2, -0.15) is 0 Å². The van der Waals surface area contributed by atoms with Crippen LogP contribution >= 0.6 is 0 Å². The fourth-order valence-electron chi connectivity index (χ4n) is 7.95. The van der Waals surface area contributed by atoms with Crippen LogP contribution in [0.15, 0.2) is 129 Å². The maximum Gasteiger partial charge on any atom is 2.00 e. The van der Waals surface area contributed by atoms with Gasteiger partial charge in [-0.1, -0.05) is 75.5 Å². The average Bonchev–Trinajstić information content (AvgIpc) is 0.856. The molecule has 0 atom stereocenters. The molecule has 0 unspecified atom stereocenters. The summed E-state index contributed by atoms with van der Waals surface area (Å²) in [5.41, 5.74) is 9.85. The van der Waals surface area contributed by atoms with Crippen molar-refractivity contribution in [2.24, 2.45) is 20.0 Å². The van der Waals surface area contributed by atoms with Gasteiger partial charge in [0.1, 0.15) is 26.2 Å². The van der Waals surface area contributed by atoms with Gasteiger partial charge >= 0.3 is 33.6 Å². The van der Waals surface area contributed by atoms with Crippen molar-refractivity contribution in [2.75, 3.05) is 84.6 Å². The van der Waals surface area contributed by atoms with Crippen LogP contribution in [0.25, 0.3) is 0 Å². The Hall–Kier alpha value is -5.43. The van der Waals surface area contributed by atoms with Crippen molar-refractivity contribution in [2.45, 2.75) is 47.5 Å². The van der Waals surface area contributed by atoms with Crippen molar-refractivity contribution in [3.8, 4) is 23.0 Å². The molecule has 0 spiro atoms. The maximum absolute atomic E-state index is 13.1. The zero-order valence-corrected chi connectivity index (χ0v) is 56.3. The van der Waals surface area contributed by atoms with Crippen LogP contribution in [0.1, 0.15) is 70.5 Å². The molecule has 0 N–H and O–H groups in total. The summed E-state index contributed by atoms with van der Waals surface area (Å²) in [6.45, 7) is 2.95. The normalized spacial score (nSPS) is 12.2. The number of nitrogens with zero attached hydrogens (tertiary/aromatic N) is 8. The van der Waals surface area contributed by atoms with Gasteiger partial charge in [0.05, 0.1) is 107 Å². The summed E-state index contributed by atoms with van der Waals surface area (Å²) in [5, 5.41) is 52.3. The van der Waals surface area contributed by atoms with Crippen molar-refractivity contribution in [3.63, 3.8) is 0 Å². The summed E-state index contributed by atoms with van der Waals surface area (Å²) in [7, 11) is 5.41. The van der Waals surface area contributed by atoms with Crippen LogP contribution in [0.5, 0.6) is 23.0 Å². The van der Waals surface area contributed by atoms with Gasteiger partial charge in [0, 0.05) is 47.1 Å². The molecule has 518 valence electrons. The predicted octanol–water partition coefficient (Wildman–Crippen LogP) is -10.4. The van der Waals surface area contributed by atoms with Crippen molar-refractivity contribution >= 4 is 47.6 Å². The van der Waals surface area contributed by atoms with Crippen molar-refractivity contribution in [1.29, 1.82) is 0 Å². The molecule has 93 heavy (non-hydrogen) atoms. The zero-order chi connectivity index (χ0) is 68.3. The molecule has 0 saturated heterocycles. The van der Waals surface area contributed by atoms with Gasteiger partial charge in [-0.05, 0) is 88.3 Å². The Bertz CT molecular complexity index is 3120. The molecule has 0 bridgehead atoms. The van der Waals surface area contributed by atoms with Crippen LogP contribution in [0.2, 0.25) is 0 Å². The van der Waals surface area contributed by atoms with Crippen LogP contribution in [-0.2, 0) is 66.2 Å². The van der Waals surface area contributed by atoms with Crippen molar-refractivity contribution < 1.29 is 187 Å². The van der Waals surface area contributed by atoms with E-state index in [1.165, 1.54) is 0 Å². The van der Waals surface area contributed by atoms with Gasteiger partial charge in [0.25, 0.3) is 0 Å². The quantitative estimate of drug-likeness (QED) is 0.0569. The van der Waals surface area contributed by atoms with E-state index in [1.807, 2.05) is 84.9 Å². The standard InChI is InChI=1S/C57H68N8O4.2CH4.4ClHO4.2Co/c1-62(2,3)36-42-15-21-54(66)46(26-42)32-58-50-19-13-40(30-52(50)60-34-48-28-44(17-23-56(48)68)38-64(7,8)9)25-41-14-20-51(59-33-47-27-43(16-22-55(47)67)37-63(4,5)6)53(31-41)61-35-49-29-45(18-24-57(49)69)39-65(10,11)12;;;4*2-1(3,4)5;;/h13-24,26-35H,25,36-39H2,1-12H3;2*1H4;4*(H,2,3,4,5);;/q;;;;;;;2*+2/p-4.